The number of primary amides is 1. The lowest BCUT2D eigenvalue weighted by Crippen LogP contribution is -2.46. The average molecular weight is 394 g/mol. The normalized spacial score (nSPS) is 11.6. The molecule has 3 rings (SSSR count). The number of nitrogens with one attached hydrogen (secondary N) is 1. The highest BCUT2D eigenvalue weighted by Gasteiger charge is 2.27. The summed E-state index contributed by atoms with van der Waals surface area (Å²) in [6, 6.07) is 13.8. The van der Waals surface area contributed by atoms with Crippen LogP contribution in [-0.4, -0.2) is 33.0 Å². The van der Waals surface area contributed by atoms with E-state index in [1.807, 2.05) is 30.3 Å². The van der Waals surface area contributed by atoms with Gasteiger partial charge in [-0.1, -0.05) is 36.4 Å². The number of nitrogens with zero attached hydrogens (tertiary/aromatic N) is 2. The van der Waals surface area contributed by atoms with Gasteiger partial charge in [0, 0.05) is 11.6 Å². The lowest BCUT2D eigenvalue weighted by molar-refractivity contribution is -0.137. The largest absolute Gasteiger partial charge is 0.363 e. The molecule has 0 radical (unpaired) electrons. The monoisotopic (exact) mass is 394 g/mol. The fourth-order valence-electron chi connectivity index (χ4n) is 2.72. The summed E-state index contributed by atoms with van der Waals surface area (Å²) in [5.74, 6) is -2.40. The Kier molecular flexibility index (Phi) is 6.23. The molecule has 1 atom stereocenters. The Morgan fingerprint density at radius 1 is 1.07 bits per heavy atom. The molecule has 0 saturated heterocycles. The van der Waals surface area contributed by atoms with Crippen molar-refractivity contribution in [2.45, 2.75) is 18.9 Å². The van der Waals surface area contributed by atoms with Crippen molar-refractivity contribution >= 4 is 29.1 Å². The molecule has 1 unspecified atom stereocenters. The van der Waals surface area contributed by atoms with Crippen LogP contribution in [0.5, 0.6) is 0 Å². The van der Waals surface area contributed by atoms with Crippen molar-refractivity contribution in [1.82, 2.24) is 14.7 Å². The second-order valence-corrected chi connectivity index (χ2v) is 6.70. The smallest absolute Gasteiger partial charge is 0.287 e. The minimum absolute atomic E-state index is 0.258. The second-order valence-electron chi connectivity index (χ2n) is 6.07. The Morgan fingerprint density at radius 3 is 2.50 bits per heavy atom. The molecule has 0 aliphatic heterocycles. The van der Waals surface area contributed by atoms with Crippen molar-refractivity contribution in [3.63, 3.8) is 0 Å². The van der Waals surface area contributed by atoms with Crippen molar-refractivity contribution < 1.29 is 14.4 Å². The number of hydrogen-bond donors (Lipinski definition) is 2. The van der Waals surface area contributed by atoms with E-state index < -0.39 is 23.6 Å². The highest BCUT2D eigenvalue weighted by atomic mass is 32.1. The third kappa shape index (κ3) is 4.66. The topological polar surface area (TPSA) is 115 Å². The van der Waals surface area contributed by atoms with Gasteiger partial charge in [0.25, 0.3) is 11.8 Å². The number of hydrogen-bond acceptors (Lipinski definition) is 6. The van der Waals surface area contributed by atoms with Crippen LogP contribution >= 0.6 is 11.5 Å². The first-order valence-electron chi connectivity index (χ1n) is 8.60. The summed E-state index contributed by atoms with van der Waals surface area (Å²) in [5.41, 5.74) is 7.43. The molecule has 3 N–H and O–H groups in total. The molecule has 8 heteroatoms. The van der Waals surface area contributed by atoms with Gasteiger partial charge in [-0.25, -0.2) is 0 Å². The predicted octanol–water partition coefficient (Wildman–Crippen LogP) is 1.99. The molecule has 2 amide bonds. The number of amides is 2. The second kappa shape index (κ2) is 9.01. The van der Waals surface area contributed by atoms with Crippen LogP contribution in [0.1, 0.15) is 22.3 Å². The van der Waals surface area contributed by atoms with Crippen LogP contribution in [0.2, 0.25) is 0 Å². The summed E-state index contributed by atoms with van der Waals surface area (Å²) >= 11 is 1.11. The molecule has 2 aromatic heterocycles. The predicted molar refractivity (Wildman–Crippen MR) is 106 cm³/mol. The third-order valence-electron chi connectivity index (χ3n) is 4.15. The Hall–Kier alpha value is -3.39. The van der Waals surface area contributed by atoms with Crippen LogP contribution in [0.25, 0.3) is 11.4 Å². The first kappa shape index (κ1) is 19.4. The number of ketones is 1. The van der Waals surface area contributed by atoms with Crippen molar-refractivity contribution in [3.05, 3.63) is 71.2 Å². The number of carbonyl (C=O) groups excluding carboxylic acids is 3. The van der Waals surface area contributed by atoms with E-state index in [0.717, 1.165) is 17.1 Å². The molecule has 28 heavy (non-hydrogen) atoms. The number of benzene rings is 1. The van der Waals surface area contributed by atoms with Crippen LogP contribution in [0, 0.1) is 0 Å². The molecule has 1 aromatic carbocycles. The van der Waals surface area contributed by atoms with Crippen molar-refractivity contribution in [2.24, 2.45) is 5.73 Å². The molecule has 0 spiro atoms. The van der Waals surface area contributed by atoms with Gasteiger partial charge in [0.2, 0.25) is 5.78 Å². The quantitative estimate of drug-likeness (QED) is 0.567. The molecule has 0 saturated carbocycles. The minimum Gasteiger partial charge on any atom is -0.363 e. The van der Waals surface area contributed by atoms with Crippen molar-refractivity contribution in [2.75, 3.05) is 0 Å². The molecule has 0 bridgehead atoms. The van der Waals surface area contributed by atoms with E-state index in [9.17, 15) is 14.4 Å². The molecular weight excluding hydrogens is 376 g/mol. The zero-order valence-electron chi connectivity index (χ0n) is 14.9. The summed E-state index contributed by atoms with van der Waals surface area (Å²) in [6.07, 6.45) is 2.38. The number of carbonyl (C=O) groups is 3. The summed E-state index contributed by atoms with van der Waals surface area (Å²) in [4.78, 5) is 40.6. The average Bonchev–Trinajstić information content (AvgIpc) is 3.22. The maximum Gasteiger partial charge on any atom is 0.287 e. The van der Waals surface area contributed by atoms with Gasteiger partial charge in [-0.3, -0.25) is 19.4 Å². The van der Waals surface area contributed by atoms with E-state index in [2.05, 4.69) is 14.7 Å². The number of aryl methyl sites for hydroxylation is 1. The number of pyridine rings is 1. The third-order valence-corrected chi connectivity index (χ3v) is 4.78. The zero-order chi connectivity index (χ0) is 19.9. The van der Waals surface area contributed by atoms with Gasteiger partial charge in [0.15, 0.2) is 0 Å². The zero-order valence-corrected chi connectivity index (χ0v) is 15.7. The van der Waals surface area contributed by atoms with Crippen molar-refractivity contribution in [3.8, 4) is 11.4 Å². The summed E-state index contributed by atoms with van der Waals surface area (Å²) in [7, 11) is 0. The first-order chi connectivity index (χ1) is 13.6. The maximum absolute atomic E-state index is 12.8. The number of Topliss-reactive ketones (excluding diaryl/α,β-unsaturated/α-hetero) is 1. The molecule has 3 aromatic rings. The molecule has 0 aliphatic carbocycles. The Morgan fingerprint density at radius 2 is 1.82 bits per heavy atom. The minimum atomic E-state index is -1.08. The molecule has 0 fully saturated rings. The molecule has 7 nitrogen and oxygen atoms in total. The van der Waals surface area contributed by atoms with Crippen LogP contribution in [0.3, 0.4) is 0 Å². The standard InChI is InChI=1S/C20H18N4O3S/c21-19(26)18(25)16(10-9-13-6-2-1-3-7-13)23-20(27)14-12-28-24-17(14)15-8-4-5-11-22-15/h1-8,11-12,16H,9-10H2,(H2,21,26)(H,23,27). The fraction of sp³-hybridized carbons (Fsp3) is 0.150. The lowest BCUT2D eigenvalue weighted by atomic mass is 10.0. The van der Waals surface area contributed by atoms with E-state index in [4.69, 9.17) is 5.73 Å². The van der Waals surface area contributed by atoms with E-state index in [1.54, 1.807) is 29.8 Å². The van der Waals surface area contributed by atoms with Gasteiger partial charge < -0.3 is 11.1 Å². The van der Waals surface area contributed by atoms with Crippen LogP contribution in [0.15, 0.2) is 60.1 Å². The fourth-order valence-corrected chi connectivity index (χ4v) is 3.39. The number of rotatable bonds is 8. The summed E-state index contributed by atoms with van der Waals surface area (Å²) in [6.45, 7) is 0. The van der Waals surface area contributed by atoms with Gasteiger partial charge in [-0.15, -0.1) is 0 Å². The van der Waals surface area contributed by atoms with E-state index >= 15 is 0 Å². The van der Waals surface area contributed by atoms with Gasteiger partial charge in [-0.05, 0) is 42.1 Å². The van der Waals surface area contributed by atoms with Gasteiger partial charge >= 0.3 is 0 Å². The Bertz CT molecular complexity index is 973. The molecule has 0 aliphatic rings. The van der Waals surface area contributed by atoms with E-state index in [-0.39, 0.29) is 6.42 Å². The summed E-state index contributed by atoms with van der Waals surface area (Å²) in [5, 5.41) is 4.22. The van der Waals surface area contributed by atoms with Crippen LogP contribution in [0.4, 0.5) is 0 Å². The van der Waals surface area contributed by atoms with Gasteiger partial charge in [-0.2, -0.15) is 4.37 Å². The maximum atomic E-state index is 12.8. The van der Waals surface area contributed by atoms with Crippen LogP contribution in [-0.2, 0) is 16.0 Å². The van der Waals surface area contributed by atoms with Gasteiger partial charge in [0.1, 0.15) is 5.69 Å². The Labute approximate surface area is 165 Å². The lowest BCUT2D eigenvalue weighted by Gasteiger charge is -2.16. The highest BCUT2D eigenvalue weighted by Crippen LogP contribution is 2.22. The number of aromatic nitrogens is 2. The SMILES string of the molecule is NC(=O)C(=O)C(CCc1ccccc1)NC(=O)c1csnc1-c1ccccn1. The van der Waals surface area contributed by atoms with Crippen LogP contribution < -0.4 is 11.1 Å². The highest BCUT2D eigenvalue weighted by molar-refractivity contribution is 7.04. The number of nitrogens with two attached hydrogens (primary N) is 1. The molecule has 142 valence electrons. The molecule has 2 heterocycles. The van der Waals surface area contributed by atoms with Crippen molar-refractivity contribution in [1.29, 1.82) is 0 Å². The van der Waals surface area contributed by atoms with E-state index in [1.165, 1.54) is 0 Å². The van der Waals surface area contributed by atoms with Gasteiger partial charge in [0.05, 0.1) is 17.3 Å². The van der Waals surface area contributed by atoms with E-state index in [0.29, 0.717) is 23.4 Å². The Balaban J connectivity index is 1.77. The first-order valence-corrected chi connectivity index (χ1v) is 9.44. The summed E-state index contributed by atoms with van der Waals surface area (Å²) < 4.78 is 4.23. The molecular formula is C20H18N4O3S.